The topological polar surface area (TPSA) is 39.4 Å². The van der Waals surface area contributed by atoms with E-state index in [1.54, 1.807) is 12.3 Å². The van der Waals surface area contributed by atoms with Crippen molar-refractivity contribution in [2.75, 3.05) is 0 Å². The number of carbonyl (C=O) groups excluding carboxylic acids is 1. The van der Waals surface area contributed by atoms with Gasteiger partial charge in [-0.1, -0.05) is 32.9 Å². The van der Waals surface area contributed by atoms with Crippen LogP contribution in [0, 0.1) is 0 Å². The molecule has 2 aromatic rings. The Bertz CT molecular complexity index is 831. The van der Waals surface area contributed by atoms with Gasteiger partial charge in [-0.3, -0.25) is 4.79 Å². The van der Waals surface area contributed by atoms with E-state index in [-0.39, 0.29) is 15.5 Å². The molecule has 0 amide bonds. The van der Waals surface area contributed by atoms with Gasteiger partial charge in [-0.05, 0) is 48.6 Å². The van der Waals surface area contributed by atoms with Gasteiger partial charge in [-0.25, -0.2) is 0 Å². The Morgan fingerprint density at radius 1 is 1.16 bits per heavy atom. The molecule has 1 aromatic heterocycles. The number of hydrogen-bond acceptors (Lipinski definition) is 3. The van der Waals surface area contributed by atoms with E-state index < -0.39 is 27.1 Å². The van der Waals surface area contributed by atoms with Crippen molar-refractivity contribution in [3.8, 4) is 5.75 Å². The average Bonchev–Trinajstić information content (AvgIpc) is 3.23. The third-order valence-electron chi connectivity index (χ3n) is 3.24. The van der Waals surface area contributed by atoms with Crippen LogP contribution < -0.4 is 4.74 Å². The number of hydrogen-bond donors (Lipinski definition) is 0. The van der Waals surface area contributed by atoms with Crippen molar-refractivity contribution in [3.05, 3.63) is 72.2 Å². The van der Waals surface area contributed by atoms with E-state index >= 15 is 0 Å². The second-order valence-electron chi connectivity index (χ2n) is 5.04. The standard InChI is InChI=1S/C18H12F3IO3/c19-18(20,21)25-15-7-3-12(4-8-15)17(23)16-10-6-13(22-16)5-9-14-2-1-11-24-14/h1-11,16H/b9-5+. The molecule has 0 aliphatic carbocycles. The lowest BCUT2D eigenvalue weighted by Gasteiger charge is -2.09. The van der Waals surface area contributed by atoms with Crippen LogP contribution >= 0.6 is 20.7 Å². The van der Waals surface area contributed by atoms with Crippen LogP contribution in [0.25, 0.3) is 6.08 Å². The molecule has 0 spiro atoms. The minimum atomic E-state index is -4.74. The van der Waals surface area contributed by atoms with Gasteiger partial charge in [0.25, 0.3) is 0 Å². The highest BCUT2D eigenvalue weighted by Gasteiger charge is 2.31. The Kier molecular flexibility index (Phi) is 5.22. The molecule has 1 aliphatic rings. The predicted octanol–water partition coefficient (Wildman–Crippen LogP) is 5.16. The number of rotatable bonds is 5. The van der Waals surface area contributed by atoms with Crippen LogP contribution in [0.2, 0.25) is 0 Å². The number of benzene rings is 1. The molecular weight excluding hydrogens is 448 g/mol. The first-order valence-electron chi connectivity index (χ1n) is 7.21. The Morgan fingerprint density at radius 2 is 1.92 bits per heavy atom. The van der Waals surface area contributed by atoms with Crippen molar-refractivity contribution in [1.29, 1.82) is 0 Å². The summed E-state index contributed by atoms with van der Waals surface area (Å²) < 4.78 is 46.3. The Labute approximate surface area is 151 Å². The summed E-state index contributed by atoms with van der Waals surface area (Å²) in [5, 5.41) is 0. The summed E-state index contributed by atoms with van der Waals surface area (Å²) in [7, 11) is 0. The number of halogens is 4. The first-order valence-corrected chi connectivity index (χ1v) is 9.53. The fraction of sp³-hybridized carbons (Fsp3) is 0.111. The minimum Gasteiger partial charge on any atom is -0.465 e. The zero-order valence-electron chi connectivity index (χ0n) is 12.7. The molecule has 1 unspecified atom stereocenters. The number of alkyl halides is 4. The molecule has 1 atom stereocenters. The van der Waals surface area contributed by atoms with Crippen molar-refractivity contribution in [2.24, 2.45) is 0 Å². The van der Waals surface area contributed by atoms with E-state index in [4.69, 9.17) is 4.42 Å². The third-order valence-corrected chi connectivity index (χ3v) is 6.33. The van der Waals surface area contributed by atoms with Crippen LogP contribution in [-0.2, 0) is 0 Å². The second kappa shape index (κ2) is 7.38. The maximum atomic E-state index is 12.5. The zero-order valence-corrected chi connectivity index (χ0v) is 14.8. The zero-order chi connectivity index (χ0) is 17.9. The summed E-state index contributed by atoms with van der Waals surface area (Å²) in [5.74, 6) is 0.304. The molecule has 2 heterocycles. The highest BCUT2D eigenvalue weighted by Crippen LogP contribution is 2.27. The number of Topliss-reactive ketones (excluding diaryl/α,β-unsaturated/α-hetero) is 1. The average molecular weight is 460 g/mol. The van der Waals surface area contributed by atoms with E-state index in [1.165, 1.54) is 12.1 Å². The van der Waals surface area contributed by atoms with Gasteiger partial charge in [0.05, 0.1) is 10.2 Å². The van der Waals surface area contributed by atoms with E-state index in [0.29, 0.717) is 5.56 Å². The molecule has 0 fully saturated rings. The summed E-state index contributed by atoms with van der Waals surface area (Å²) >= 11 is -0.554. The Hall–Kier alpha value is -2.16. The maximum Gasteiger partial charge on any atom is 0.573 e. The first kappa shape index (κ1) is 17.7. The fourth-order valence-electron chi connectivity index (χ4n) is 2.14. The molecule has 3 rings (SSSR count). The van der Waals surface area contributed by atoms with Crippen molar-refractivity contribution in [3.63, 3.8) is 0 Å². The molecule has 130 valence electrons. The molecule has 0 N–H and O–H groups in total. The number of ether oxygens (including phenoxy) is 1. The van der Waals surface area contributed by atoms with Crippen LogP contribution in [-0.4, -0.2) is 19.6 Å². The number of carbonyl (C=O) groups is 1. The first-order chi connectivity index (χ1) is 11.9. The van der Waals surface area contributed by atoms with Crippen molar-refractivity contribution in [2.45, 2.75) is 10.3 Å². The van der Waals surface area contributed by atoms with Crippen LogP contribution in [0.15, 0.2) is 65.3 Å². The molecule has 1 aliphatic heterocycles. The van der Waals surface area contributed by atoms with Gasteiger partial charge < -0.3 is 9.15 Å². The second-order valence-corrected chi connectivity index (χ2v) is 8.25. The lowest BCUT2D eigenvalue weighted by Crippen LogP contribution is -2.17. The predicted molar refractivity (Wildman–Crippen MR) is 97.2 cm³/mol. The van der Waals surface area contributed by atoms with Crippen LogP contribution in [0.1, 0.15) is 16.1 Å². The molecule has 1 aromatic carbocycles. The number of allylic oxidation sites excluding steroid dienone is 3. The van der Waals surface area contributed by atoms with E-state index in [9.17, 15) is 18.0 Å². The van der Waals surface area contributed by atoms with E-state index in [0.717, 1.165) is 21.4 Å². The van der Waals surface area contributed by atoms with Crippen LogP contribution in [0.3, 0.4) is 0 Å². The highest BCUT2D eigenvalue weighted by molar-refractivity contribution is 14.2. The molecule has 0 saturated heterocycles. The quantitative estimate of drug-likeness (QED) is 0.352. The van der Waals surface area contributed by atoms with Crippen LogP contribution in [0.4, 0.5) is 13.2 Å². The van der Waals surface area contributed by atoms with Gasteiger partial charge >= 0.3 is 6.36 Å². The monoisotopic (exact) mass is 460 g/mol. The van der Waals surface area contributed by atoms with Crippen molar-refractivity contribution >= 4 is 36.1 Å². The molecule has 0 radical (unpaired) electrons. The van der Waals surface area contributed by atoms with Crippen molar-refractivity contribution in [1.82, 2.24) is 0 Å². The molecule has 7 heteroatoms. The molecule has 3 nitrogen and oxygen atoms in total. The summed E-state index contributed by atoms with van der Waals surface area (Å²) in [6.07, 6.45) is 4.37. The normalized spacial score (nSPS) is 17.4. The summed E-state index contributed by atoms with van der Waals surface area (Å²) in [6, 6.07) is 8.65. The lowest BCUT2D eigenvalue weighted by molar-refractivity contribution is -0.274. The van der Waals surface area contributed by atoms with Gasteiger partial charge in [-0.15, -0.1) is 13.2 Å². The minimum absolute atomic E-state index is 0.0935. The maximum absolute atomic E-state index is 12.5. The summed E-state index contributed by atoms with van der Waals surface area (Å²) in [6.45, 7) is 0. The molecule has 0 bridgehead atoms. The highest BCUT2D eigenvalue weighted by atomic mass is 127. The summed E-state index contributed by atoms with van der Waals surface area (Å²) in [4.78, 5) is 12.5. The van der Waals surface area contributed by atoms with Crippen LogP contribution in [0.5, 0.6) is 5.75 Å². The largest absolute Gasteiger partial charge is 0.573 e. The van der Waals surface area contributed by atoms with Gasteiger partial charge in [0.1, 0.15) is 11.5 Å². The number of furan rings is 1. The van der Waals surface area contributed by atoms with Gasteiger partial charge in [0.2, 0.25) is 0 Å². The molecule has 25 heavy (non-hydrogen) atoms. The molecular formula is C18H12F3IO3. The third kappa shape index (κ3) is 4.91. The molecule has 0 saturated carbocycles. The Balaban J connectivity index is 1.66. The SMILES string of the molecule is O=C(c1ccc(OC(F)(F)F)cc1)C1C=CC(/C=C/c2ccco2)=I1. The van der Waals surface area contributed by atoms with Gasteiger partial charge in [0, 0.05) is 9.07 Å². The smallest absolute Gasteiger partial charge is 0.465 e. The van der Waals surface area contributed by atoms with E-state index in [2.05, 4.69) is 4.74 Å². The van der Waals surface area contributed by atoms with Crippen molar-refractivity contribution < 1.29 is 27.1 Å². The van der Waals surface area contributed by atoms with Gasteiger partial charge in [-0.2, -0.15) is 0 Å². The number of ketones is 1. The summed E-state index contributed by atoms with van der Waals surface area (Å²) in [5.41, 5.74) is 0.375. The van der Waals surface area contributed by atoms with E-state index in [1.807, 2.05) is 30.4 Å². The lowest BCUT2D eigenvalue weighted by atomic mass is 10.1. The fourth-order valence-corrected chi connectivity index (χ4v) is 4.78. The van der Waals surface area contributed by atoms with Gasteiger partial charge in [0.15, 0.2) is 5.78 Å². The Morgan fingerprint density at radius 3 is 2.56 bits per heavy atom.